The van der Waals surface area contributed by atoms with Gasteiger partial charge in [-0.05, 0) is 38.5 Å². The monoisotopic (exact) mass is 380 g/mol. The van der Waals surface area contributed by atoms with Crippen LogP contribution in [0.25, 0.3) is 0 Å². The van der Waals surface area contributed by atoms with E-state index in [1.54, 1.807) is 24.1 Å². The maximum Gasteiger partial charge on any atom is 0.410 e. The lowest BCUT2D eigenvalue weighted by molar-refractivity contribution is 0.00701. The largest absolute Gasteiger partial charge is 0.444 e. The molecule has 1 amide bonds. The van der Waals surface area contributed by atoms with Crippen LogP contribution in [0.4, 0.5) is 9.18 Å². The highest BCUT2D eigenvalue weighted by molar-refractivity contribution is 5.80. The minimum atomic E-state index is -0.496. The van der Waals surface area contributed by atoms with E-state index < -0.39 is 5.60 Å². The third-order valence-electron chi connectivity index (χ3n) is 3.97. The fraction of sp³-hybridized carbons (Fsp3) is 0.579. The van der Waals surface area contributed by atoms with E-state index in [0.29, 0.717) is 31.2 Å². The molecule has 0 bridgehead atoms. The van der Waals surface area contributed by atoms with Gasteiger partial charge in [0, 0.05) is 39.4 Å². The van der Waals surface area contributed by atoms with Crippen LogP contribution in [-0.4, -0.2) is 55.8 Å². The highest BCUT2D eigenvalue weighted by Gasteiger charge is 2.34. The second-order valence-electron chi connectivity index (χ2n) is 7.51. The molecule has 0 radical (unpaired) electrons. The van der Waals surface area contributed by atoms with E-state index in [9.17, 15) is 9.18 Å². The molecule has 1 aliphatic heterocycles. The van der Waals surface area contributed by atoms with Crippen molar-refractivity contribution in [1.29, 1.82) is 0 Å². The van der Waals surface area contributed by atoms with Crippen molar-refractivity contribution < 1.29 is 18.7 Å². The Morgan fingerprint density at radius 2 is 2.07 bits per heavy atom. The van der Waals surface area contributed by atoms with Crippen LogP contribution in [0.5, 0.6) is 0 Å². The molecule has 150 valence electrons. The number of aliphatic imine (C=N–C) groups is 1. The summed E-state index contributed by atoms with van der Waals surface area (Å²) >= 11 is 0. The van der Waals surface area contributed by atoms with Crippen LogP contribution in [0.3, 0.4) is 0 Å². The minimum Gasteiger partial charge on any atom is -0.444 e. The maximum absolute atomic E-state index is 13.7. The summed E-state index contributed by atoms with van der Waals surface area (Å²) in [5, 5.41) is 6.46. The SMILES string of the molecule is CN=C(NCc1ccc(F)c(COC)c1)NC1CN(C(=O)OC(C)(C)C)C1. The number of hydrogen-bond donors (Lipinski definition) is 2. The van der Waals surface area contributed by atoms with E-state index >= 15 is 0 Å². The molecule has 1 fully saturated rings. The lowest BCUT2D eigenvalue weighted by Crippen LogP contribution is -2.63. The first kappa shape index (κ1) is 21.0. The number of carbonyl (C=O) groups is 1. The number of benzene rings is 1. The summed E-state index contributed by atoms with van der Waals surface area (Å²) in [5.74, 6) is 0.348. The average molecular weight is 380 g/mol. The van der Waals surface area contributed by atoms with E-state index in [4.69, 9.17) is 9.47 Å². The highest BCUT2D eigenvalue weighted by Crippen LogP contribution is 2.15. The normalized spacial score (nSPS) is 15.3. The molecule has 1 aliphatic rings. The molecular weight excluding hydrogens is 351 g/mol. The number of nitrogens with zero attached hydrogens (tertiary/aromatic N) is 2. The van der Waals surface area contributed by atoms with Gasteiger partial charge in [0.25, 0.3) is 0 Å². The Kier molecular flexibility index (Phi) is 7.01. The first-order chi connectivity index (χ1) is 12.7. The molecular formula is C19H29FN4O3. The molecule has 27 heavy (non-hydrogen) atoms. The molecule has 0 aliphatic carbocycles. The topological polar surface area (TPSA) is 75.2 Å². The van der Waals surface area contributed by atoms with E-state index in [-0.39, 0.29) is 24.6 Å². The van der Waals surface area contributed by atoms with Crippen LogP contribution in [0.2, 0.25) is 0 Å². The Morgan fingerprint density at radius 3 is 2.67 bits per heavy atom. The number of methoxy groups -OCH3 is 1. The van der Waals surface area contributed by atoms with Gasteiger partial charge in [-0.1, -0.05) is 6.07 Å². The third-order valence-corrected chi connectivity index (χ3v) is 3.97. The Bertz CT molecular complexity index is 682. The van der Waals surface area contributed by atoms with Crippen LogP contribution in [0.15, 0.2) is 23.2 Å². The summed E-state index contributed by atoms with van der Waals surface area (Å²) in [6, 6.07) is 5.04. The lowest BCUT2D eigenvalue weighted by atomic mass is 10.1. The van der Waals surface area contributed by atoms with Crippen LogP contribution >= 0.6 is 0 Å². The number of carbonyl (C=O) groups excluding carboxylic acids is 1. The Morgan fingerprint density at radius 1 is 1.37 bits per heavy atom. The van der Waals surface area contributed by atoms with Gasteiger partial charge in [-0.15, -0.1) is 0 Å². The molecule has 0 spiro atoms. The molecule has 7 nitrogen and oxygen atoms in total. The number of likely N-dealkylation sites (tertiary alicyclic amines) is 1. The van der Waals surface area contributed by atoms with Gasteiger partial charge in [-0.3, -0.25) is 4.99 Å². The first-order valence-electron chi connectivity index (χ1n) is 8.93. The van der Waals surface area contributed by atoms with Crippen LogP contribution in [0.1, 0.15) is 31.9 Å². The quantitative estimate of drug-likeness (QED) is 0.605. The van der Waals surface area contributed by atoms with E-state index in [2.05, 4.69) is 15.6 Å². The first-order valence-corrected chi connectivity index (χ1v) is 8.93. The highest BCUT2D eigenvalue weighted by atomic mass is 19.1. The smallest absolute Gasteiger partial charge is 0.410 e. The Balaban J connectivity index is 1.79. The molecule has 1 aromatic carbocycles. The summed E-state index contributed by atoms with van der Waals surface area (Å²) in [6.07, 6.45) is -0.305. The van der Waals surface area contributed by atoms with Gasteiger partial charge < -0.3 is 25.0 Å². The van der Waals surface area contributed by atoms with Crippen molar-refractivity contribution in [2.45, 2.75) is 45.6 Å². The summed E-state index contributed by atoms with van der Waals surface area (Å²) < 4.78 is 24.0. The zero-order chi connectivity index (χ0) is 20.0. The van der Waals surface area contributed by atoms with Crippen LogP contribution < -0.4 is 10.6 Å². The van der Waals surface area contributed by atoms with E-state index in [1.807, 2.05) is 20.8 Å². The molecule has 1 saturated heterocycles. The zero-order valence-electron chi connectivity index (χ0n) is 16.6. The van der Waals surface area contributed by atoms with E-state index in [0.717, 1.165) is 5.56 Å². The molecule has 8 heteroatoms. The van der Waals surface area contributed by atoms with Gasteiger partial charge in [-0.25, -0.2) is 9.18 Å². The second kappa shape index (κ2) is 9.03. The molecule has 2 rings (SSSR count). The second-order valence-corrected chi connectivity index (χ2v) is 7.51. The molecule has 0 atom stereocenters. The van der Waals surface area contributed by atoms with Crippen molar-refractivity contribution >= 4 is 12.1 Å². The summed E-state index contributed by atoms with van der Waals surface area (Å²) in [6.45, 7) is 7.39. The van der Waals surface area contributed by atoms with Gasteiger partial charge in [0.15, 0.2) is 5.96 Å². The summed E-state index contributed by atoms with van der Waals surface area (Å²) in [5.41, 5.74) is 0.950. The molecule has 2 N–H and O–H groups in total. The third kappa shape index (κ3) is 6.39. The van der Waals surface area contributed by atoms with Gasteiger partial charge in [-0.2, -0.15) is 0 Å². The molecule has 1 aromatic rings. The van der Waals surface area contributed by atoms with Crippen LogP contribution in [0, 0.1) is 5.82 Å². The van der Waals surface area contributed by atoms with Gasteiger partial charge in [0.2, 0.25) is 0 Å². The standard InChI is InChI=1S/C19H29FN4O3/c1-19(2,3)27-18(25)24-10-15(11-24)23-17(21-4)22-9-13-6-7-16(20)14(8-13)12-26-5/h6-8,15H,9-12H2,1-5H3,(H2,21,22,23). The van der Waals surface area contributed by atoms with Gasteiger partial charge in [0.1, 0.15) is 11.4 Å². The van der Waals surface area contributed by atoms with Crippen molar-refractivity contribution in [1.82, 2.24) is 15.5 Å². The van der Waals surface area contributed by atoms with Gasteiger partial charge >= 0.3 is 6.09 Å². The lowest BCUT2D eigenvalue weighted by Gasteiger charge is -2.40. The predicted molar refractivity (Wildman–Crippen MR) is 102 cm³/mol. The van der Waals surface area contributed by atoms with Crippen LogP contribution in [-0.2, 0) is 22.6 Å². The van der Waals surface area contributed by atoms with Crippen molar-refractivity contribution in [3.8, 4) is 0 Å². The number of ether oxygens (including phenoxy) is 2. The predicted octanol–water partition coefficient (Wildman–Crippen LogP) is 2.26. The summed E-state index contributed by atoms with van der Waals surface area (Å²) in [4.78, 5) is 17.8. The number of halogens is 1. The fourth-order valence-electron chi connectivity index (χ4n) is 2.62. The fourth-order valence-corrected chi connectivity index (χ4v) is 2.62. The summed E-state index contributed by atoms with van der Waals surface area (Å²) in [7, 11) is 3.22. The molecule has 0 unspecified atom stereocenters. The molecule has 0 saturated carbocycles. The maximum atomic E-state index is 13.7. The van der Waals surface area contributed by atoms with Crippen molar-refractivity contribution in [3.05, 3.63) is 35.1 Å². The molecule has 1 heterocycles. The minimum absolute atomic E-state index is 0.112. The zero-order valence-corrected chi connectivity index (χ0v) is 16.6. The number of amides is 1. The Hall–Kier alpha value is -2.35. The number of hydrogen-bond acceptors (Lipinski definition) is 4. The molecule has 0 aromatic heterocycles. The van der Waals surface area contributed by atoms with Crippen molar-refractivity contribution in [2.75, 3.05) is 27.2 Å². The number of guanidine groups is 1. The average Bonchev–Trinajstić information content (AvgIpc) is 2.54. The van der Waals surface area contributed by atoms with Crippen molar-refractivity contribution in [2.24, 2.45) is 4.99 Å². The Labute approximate surface area is 159 Å². The van der Waals surface area contributed by atoms with Gasteiger partial charge in [0.05, 0.1) is 12.6 Å². The van der Waals surface area contributed by atoms with Crippen molar-refractivity contribution in [3.63, 3.8) is 0 Å². The van der Waals surface area contributed by atoms with E-state index in [1.165, 1.54) is 13.2 Å². The number of rotatable bonds is 5. The number of nitrogens with one attached hydrogen (secondary N) is 2.